The topological polar surface area (TPSA) is 67.4 Å². The molecule has 2 rings (SSSR count). The summed E-state index contributed by atoms with van der Waals surface area (Å²) in [4.78, 5) is 23.9. The highest BCUT2D eigenvalue weighted by Gasteiger charge is 2.13. The van der Waals surface area contributed by atoms with Crippen LogP contribution >= 0.6 is 23.2 Å². The monoisotopic (exact) mass is 364 g/mol. The molecule has 2 N–H and O–H groups in total. The number of hydrazine groups is 1. The second-order valence-electron chi connectivity index (χ2n) is 4.64. The van der Waals surface area contributed by atoms with Gasteiger partial charge in [0, 0.05) is 16.1 Å². The van der Waals surface area contributed by atoms with Crippen LogP contribution < -0.4 is 15.6 Å². The third kappa shape index (κ3) is 4.75. The van der Waals surface area contributed by atoms with Crippen LogP contribution in [0.3, 0.4) is 0 Å². The van der Waals surface area contributed by atoms with Gasteiger partial charge >= 0.3 is 0 Å². The highest BCUT2D eigenvalue weighted by molar-refractivity contribution is 6.32. The van der Waals surface area contributed by atoms with E-state index in [9.17, 15) is 9.59 Å². The zero-order valence-corrected chi connectivity index (χ0v) is 14.2. The van der Waals surface area contributed by atoms with Crippen molar-refractivity contribution in [3.8, 4) is 5.75 Å². The predicted octanol–water partition coefficient (Wildman–Crippen LogP) is 3.48. The maximum atomic E-state index is 12.1. The third-order valence-corrected chi connectivity index (χ3v) is 3.60. The summed E-state index contributed by atoms with van der Waals surface area (Å²) in [6.07, 6.45) is 2.81. The first-order valence-corrected chi connectivity index (χ1v) is 7.63. The predicted molar refractivity (Wildman–Crippen MR) is 94.1 cm³/mol. The van der Waals surface area contributed by atoms with Gasteiger partial charge in [-0.2, -0.15) is 0 Å². The van der Waals surface area contributed by atoms with Crippen LogP contribution in [0.1, 0.15) is 15.9 Å². The highest BCUT2D eigenvalue weighted by atomic mass is 35.5. The molecular weight excluding hydrogens is 351 g/mol. The average molecular weight is 365 g/mol. The van der Waals surface area contributed by atoms with Gasteiger partial charge in [0.05, 0.1) is 12.7 Å². The Hall–Kier alpha value is -2.50. The molecule has 2 aromatic rings. The third-order valence-electron chi connectivity index (χ3n) is 3.02. The van der Waals surface area contributed by atoms with Gasteiger partial charge in [0.15, 0.2) is 0 Å². The molecule has 0 unspecified atom stereocenters. The Kier molecular flexibility index (Phi) is 6.23. The van der Waals surface area contributed by atoms with Crippen LogP contribution in [0.15, 0.2) is 48.5 Å². The Balaban J connectivity index is 1.98. The molecular formula is C17H14Cl2N2O3. The van der Waals surface area contributed by atoms with Crippen molar-refractivity contribution in [3.63, 3.8) is 0 Å². The lowest BCUT2D eigenvalue weighted by atomic mass is 10.2. The Labute approximate surface area is 149 Å². The van der Waals surface area contributed by atoms with Gasteiger partial charge in [0.2, 0.25) is 0 Å². The first-order chi connectivity index (χ1) is 11.5. The molecule has 0 aliphatic carbocycles. The number of nitrogens with one attached hydrogen (secondary N) is 2. The summed E-state index contributed by atoms with van der Waals surface area (Å²) in [7, 11) is 1.44. The first-order valence-electron chi connectivity index (χ1n) is 6.87. The van der Waals surface area contributed by atoms with E-state index in [4.69, 9.17) is 27.9 Å². The molecule has 124 valence electrons. The van der Waals surface area contributed by atoms with Crippen LogP contribution in [0, 0.1) is 0 Å². The van der Waals surface area contributed by atoms with Crippen LogP contribution in [0.2, 0.25) is 10.0 Å². The molecule has 0 bridgehead atoms. The lowest BCUT2D eigenvalue weighted by Crippen LogP contribution is -2.40. The van der Waals surface area contributed by atoms with Crippen molar-refractivity contribution in [2.75, 3.05) is 7.11 Å². The lowest BCUT2D eigenvalue weighted by Gasteiger charge is -2.09. The van der Waals surface area contributed by atoms with Crippen molar-refractivity contribution >= 4 is 41.1 Å². The first kappa shape index (κ1) is 17.8. The number of amides is 2. The zero-order valence-electron chi connectivity index (χ0n) is 12.7. The SMILES string of the molecule is COc1ccc(Cl)cc1C(=O)NNC(=O)/C=C/c1ccccc1Cl. The van der Waals surface area contributed by atoms with Crippen molar-refractivity contribution in [2.24, 2.45) is 0 Å². The number of hydrogen-bond donors (Lipinski definition) is 2. The highest BCUT2D eigenvalue weighted by Crippen LogP contribution is 2.22. The molecule has 0 aliphatic rings. The lowest BCUT2D eigenvalue weighted by molar-refractivity contribution is -0.117. The maximum absolute atomic E-state index is 12.1. The van der Waals surface area contributed by atoms with E-state index in [1.54, 1.807) is 42.5 Å². The Bertz CT molecular complexity index is 791. The molecule has 0 saturated carbocycles. The van der Waals surface area contributed by atoms with Gasteiger partial charge in [-0.25, -0.2) is 0 Å². The molecule has 0 fully saturated rings. The second kappa shape index (κ2) is 8.38. The van der Waals surface area contributed by atoms with Crippen LogP contribution in [0.5, 0.6) is 5.75 Å². The van der Waals surface area contributed by atoms with E-state index < -0.39 is 11.8 Å². The summed E-state index contributed by atoms with van der Waals surface area (Å²) in [5.41, 5.74) is 5.47. The fourth-order valence-electron chi connectivity index (χ4n) is 1.86. The van der Waals surface area contributed by atoms with E-state index in [-0.39, 0.29) is 5.56 Å². The standard InChI is InChI=1S/C17H14Cl2N2O3/c1-24-15-8-7-12(18)10-13(15)17(23)21-20-16(22)9-6-11-4-2-3-5-14(11)19/h2-10H,1H3,(H,20,22)(H,21,23)/b9-6+. The van der Waals surface area contributed by atoms with E-state index in [0.717, 1.165) is 0 Å². The van der Waals surface area contributed by atoms with Gasteiger partial charge in [-0.1, -0.05) is 41.4 Å². The van der Waals surface area contributed by atoms with E-state index in [0.29, 0.717) is 21.4 Å². The summed E-state index contributed by atoms with van der Waals surface area (Å²) in [5, 5.41) is 0.903. The van der Waals surface area contributed by atoms with Crippen molar-refractivity contribution in [3.05, 3.63) is 69.7 Å². The Morgan fingerprint density at radius 3 is 2.54 bits per heavy atom. The van der Waals surface area contributed by atoms with E-state index >= 15 is 0 Å². The molecule has 2 amide bonds. The van der Waals surface area contributed by atoms with Gasteiger partial charge in [0.25, 0.3) is 11.8 Å². The molecule has 0 radical (unpaired) electrons. The molecule has 0 heterocycles. The number of halogens is 2. The van der Waals surface area contributed by atoms with Crippen molar-refractivity contribution < 1.29 is 14.3 Å². The van der Waals surface area contributed by atoms with Crippen LogP contribution in [0.25, 0.3) is 6.08 Å². The molecule has 0 atom stereocenters. The Morgan fingerprint density at radius 2 is 1.83 bits per heavy atom. The van der Waals surface area contributed by atoms with Gasteiger partial charge in [-0.05, 0) is 35.9 Å². The Morgan fingerprint density at radius 1 is 1.08 bits per heavy atom. The normalized spacial score (nSPS) is 10.5. The summed E-state index contributed by atoms with van der Waals surface area (Å²) in [6.45, 7) is 0. The van der Waals surface area contributed by atoms with Crippen molar-refractivity contribution in [1.82, 2.24) is 10.9 Å². The van der Waals surface area contributed by atoms with Gasteiger partial charge in [-0.15, -0.1) is 0 Å². The van der Waals surface area contributed by atoms with E-state index in [2.05, 4.69) is 10.9 Å². The number of ether oxygens (including phenoxy) is 1. The van der Waals surface area contributed by atoms with E-state index in [1.165, 1.54) is 19.3 Å². The van der Waals surface area contributed by atoms with E-state index in [1.807, 2.05) is 0 Å². The van der Waals surface area contributed by atoms with Crippen LogP contribution in [0.4, 0.5) is 0 Å². The molecule has 24 heavy (non-hydrogen) atoms. The summed E-state index contributed by atoms with van der Waals surface area (Å²) in [6, 6.07) is 11.7. The molecule has 7 heteroatoms. The van der Waals surface area contributed by atoms with Crippen LogP contribution in [-0.4, -0.2) is 18.9 Å². The largest absolute Gasteiger partial charge is 0.496 e. The minimum Gasteiger partial charge on any atom is -0.496 e. The minimum absolute atomic E-state index is 0.209. The summed E-state index contributed by atoms with van der Waals surface area (Å²) < 4.78 is 5.09. The number of methoxy groups -OCH3 is 1. The average Bonchev–Trinajstić information content (AvgIpc) is 2.59. The fraction of sp³-hybridized carbons (Fsp3) is 0.0588. The molecule has 0 aliphatic heterocycles. The smallest absolute Gasteiger partial charge is 0.273 e. The van der Waals surface area contributed by atoms with Gasteiger partial charge < -0.3 is 4.74 Å². The second-order valence-corrected chi connectivity index (χ2v) is 5.49. The number of carbonyl (C=O) groups is 2. The number of benzene rings is 2. The van der Waals surface area contributed by atoms with Crippen LogP contribution in [-0.2, 0) is 4.79 Å². The molecule has 2 aromatic carbocycles. The summed E-state index contributed by atoms with van der Waals surface area (Å²) in [5.74, 6) is -0.712. The van der Waals surface area contributed by atoms with Gasteiger partial charge in [-0.3, -0.25) is 20.4 Å². The number of rotatable bonds is 4. The summed E-state index contributed by atoms with van der Waals surface area (Å²) >= 11 is 11.9. The molecule has 5 nitrogen and oxygen atoms in total. The fourth-order valence-corrected chi connectivity index (χ4v) is 2.23. The molecule has 0 saturated heterocycles. The number of carbonyl (C=O) groups excluding carboxylic acids is 2. The van der Waals surface area contributed by atoms with Crippen molar-refractivity contribution in [2.45, 2.75) is 0 Å². The van der Waals surface area contributed by atoms with Crippen molar-refractivity contribution in [1.29, 1.82) is 0 Å². The molecule has 0 aromatic heterocycles. The zero-order chi connectivity index (χ0) is 17.5. The minimum atomic E-state index is -0.547. The number of hydrogen-bond acceptors (Lipinski definition) is 3. The molecule has 0 spiro atoms. The maximum Gasteiger partial charge on any atom is 0.273 e. The van der Waals surface area contributed by atoms with Gasteiger partial charge in [0.1, 0.15) is 5.75 Å². The quantitative estimate of drug-likeness (QED) is 0.644.